The largest absolute Gasteiger partial charge is 0.469 e. The van der Waals surface area contributed by atoms with Gasteiger partial charge < -0.3 is 4.74 Å². The maximum atomic E-state index is 11.3. The molecule has 1 rings (SSSR count). The van der Waals surface area contributed by atoms with Gasteiger partial charge in [-0.25, -0.2) is 0 Å². The second-order valence-electron chi connectivity index (χ2n) is 3.90. The van der Waals surface area contributed by atoms with Crippen molar-refractivity contribution in [3.63, 3.8) is 0 Å². The molecule has 0 radical (unpaired) electrons. The number of alkyl halides is 1. The van der Waals surface area contributed by atoms with E-state index in [2.05, 4.69) is 51.8 Å². The van der Waals surface area contributed by atoms with Gasteiger partial charge in [0.15, 0.2) is 0 Å². The van der Waals surface area contributed by atoms with Crippen LogP contribution in [0.15, 0.2) is 10.6 Å². The molecule has 0 aromatic heterocycles. The van der Waals surface area contributed by atoms with Crippen molar-refractivity contribution in [2.75, 3.05) is 7.11 Å². The van der Waals surface area contributed by atoms with Crippen molar-refractivity contribution in [2.24, 2.45) is 11.8 Å². The highest BCUT2D eigenvalue weighted by Gasteiger charge is 2.59. The summed E-state index contributed by atoms with van der Waals surface area (Å²) in [6.07, 6.45) is 2.92. The smallest absolute Gasteiger partial charge is 0.310 e. The molecular weight excluding hydrogens is 312 g/mol. The lowest BCUT2D eigenvalue weighted by Crippen LogP contribution is -2.12. The van der Waals surface area contributed by atoms with Gasteiger partial charge in [0.2, 0.25) is 0 Å². The van der Waals surface area contributed by atoms with E-state index < -0.39 is 0 Å². The standard InChI is InChI=1S/C10H14Br2O2/c1-6(2)4-8(11)10(12)5-7(10)9(13)14-3/h4,6-7H,5H2,1-3H3/b8-4-. The number of rotatable bonds is 3. The van der Waals surface area contributed by atoms with E-state index in [1.54, 1.807) is 0 Å². The second-order valence-corrected chi connectivity index (χ2v) is 6.17. The molecule has 2 unspecified atom stereocenters. The Morgan fingerprint density at radius 3 is 2.64 bits per heavy atom. The van der Waals surface area contributed by atoms with Crippen LogP contribution in [0.1, 0.15) is 20.3 Å². The zero-order valence-corrected chi connectivity index (χ0v) is 11.7. The summed E-state index contributed by atoms with van der Waals surface area (Å²) in [5, 5.41) is 0. The predicted molar refractivity (Wildman–Crippen MR) is 63.6 cm³/mol. The maximum absolute atomic E-state index is 11.3. The van der Waals surface area contributed by atoms with Crippen molar-refractivity contribution in [3.8, 4) is 0 Å². The van der Waals surface area contributed by atoms with E-state index in [0.717, 1.165) is 10.9 Å². The number of carbonyl (C=O) groups is 1. The van der Waals surface area contributed by atoms with Gasteiger partial charge >= 0.3 is 5.97 Å². The lowest BCUT2D eigenvalue weighted by molar-refractivity contribution is -0.142. The number of allylic oxidation sites excluding steroid dienone is 2. The Bertz CT molecular complexity index is 273. The van der Waals surface area contributed by atoms with E-state index in [4.69, 9.17) is 4.74 Å². The van der Waals surface area contributed by atoms with E-state index in [-0.39, 0.29) is 16.2 Å². The number of methoxy groups -OCH3 is 1. The van der Waals surface area contributed by atoms with Crippen LogP contribution in [0.25, 0.3) is 0 Å². The molecule has 0 amide bonds. The highest BCUT2D eigenvalue weighted by molar-refractivity contribution is 9.14. The summed E-state index contributed by atoms with van der Waals surface area (Å²) in [7, 11) is 1.42. The minimum Gasteiger partial charge on any atom is -0.469 e. The van der Waals surface area contributed by atoms with Gasteiger partial charge in [0.1, 0.15) is 0 Å². The Labute approximate surface area is 101 Å². The molecule has 0 heterocycles. The van der Waals surface area contributed by atoms with Gasteiger partial charge in [0.25, 0.3) is 0 Å². The fourth-order valence-corrected chi connectivity index (χ4v) is 2.96. The van der Waals surface area contributed by atoms with E-state index >= 15 is 0 Å². The average molecular weight is 326 g/mol. The fourth-order valence-electron chi connectivity index (χ4n) is 1.35. The van der Waals surface area contributed by atoms with Crippen LogP contribution in [0.4, 0.5) is 0 Å². The first kappa shape index (κ1) is 12.2. The summed E-state index contributed by atoms with van der Waals surface area (Å²) in [5.41, 5.74) is 0. The third-order valence-electron chi connectivity index (χ3n) is 2.26. The molecule has 80 valence electrons. The zero-order chi connectivity index (χ0) is 10.9. The van der Waals surface area contributed by atoms with Gasteiger partial charge in [-0.05, 0) is 12.3 Å². The van der Waals surface area contributed by atoms with Crippen LogP contribution in [0.2, 0.25) is 0 Å². The van der Waals surface area contributed by atoms with Crippen molar-refractivity contribution in [1.29, 1.82) is 0 Å². The van der Waals surface area contributed by atoms with E-state index in [1.807, 2.05) is 0 Å². The highest BCUT2D eigenvalue weighted by atomic mass is 79.9. The van der Waals surface area contributed by atoms with Crippen molar-refractivity contribution < 1.29 is 9.53 Å². The summed E-state index contributed by atoms with van der Waals surface area (Å²) >= 11 is 7.08. The Kier molecular flexibility index (Phi) is 3.81. The number of halogens is 2. The number of carbonyl (C=O) groups excluding carboxylic acids is 1. The lowest BCUT2D eigenvalue weighted by Gasteiger charge is -2.09. The first-order valence-electron chi connectivity index (χ1n) is 4.56. The fraction of sp³-hybridized carbons (Fsp3) is 0.700. The molecule has 0 aromatic carbocycles. The van der Waals surface area contributed by atoms with Crippen LogP contribution in [0.5, 0.6) is 0 Å². The molecule has 0 spiro atoms. The van der Waals surface area contributed by atoms with Gasteiger partial charge in [-0.2, -0.15) is 0 Å². The van der Waals surface area contributed by atoms with Crippen LogP contribution >= 0.6 is 31.9 Å². The van der Waals surface area contributed by atoms with Crippen LogP contribution in [-0.2, 0) is 9.53 Å². The molecule has 2 nitrogen and oxygen atoms in total. The molecule has 0 saturated heterocycles. The molecule has 2 atom stereocenters. The first-order chi connectivity index (χ1) is 6.41. The minimum atomic E-state index is -0.204. The molecule has 0 N–H and O–H groups in total. The molecule has 0 aromatic rings. The summed E-state index contributed by atoms with van der Waals surface area (Å²) in [5.74, 6) is 0.283. The Balaban J connectivity index is 2.68. The van der Waals surface area contributed by atoms with Crippen molar-refractivity contribution in [3.05, 3.63) is 10.6 Å². The molecule has 14 heavy (non-hydrogen) atoms. The molecule has 1 fully saturated rings. The van der Waals surface area contributed by atoms with E-state index in [0.29, 0.717) is 5.92 Å². The van der Waals surface area contributed by atoms with Gasteiger partial charge in [0.05, 0.1) is 17.4 Å². The minimum absolute atomic E-state index is 0.0446. The van der Waals surface area contributed by atoms with Crippen molar-refractivity contribution in [2.45, 2.75) is 24.6 Å². The molecule has 0 aliphatic heterocycles. The Hall–Kier alpha value is 0.170. The monoisotopic (exact) mass is 324 g/mol. The van der Waals surface area contributed by atoms with Gasteiger partial charge in [-0.1, -0.05) is 51.8 Å². The maximum Gasteiger partial charge on any atom is 0.310 e. The van der Waals surface area contributed by atoms with Gasteiger partial charge in [0, 0.05) is 4.48 Å². The SMILES string of the molecule is COC(=O)C1CC1(Br)/C(Br)=C/C(C)C. The highest BCUT2D eigenvalue weighted by Crippen LogP contribution is 2.58. The quantitative estimate of drug-likeness (QED) is 0.588. The van der Waals surface area contributed by atoms with Gasteiger partial charge in [-0.3, -0.25) is 4.79 Å². The van der Waals surface area contributed by atoms with Gasteiger partial charge in [-0.15, -0.1) is 0 Å². The van der Waals surface area contributed by atoms with Crippen molar-refractivity contribution in [1.82, 2.24) is 0 Å². The molecule has 0 bridgehead atoms. The third kappa shape index (κ3) is 2.40. The van der Waals surface area contributed by atoms with Crippen LogP contribution in [0, 0.1) is 11.8 Å². The lowest BCUT2D eigenvalue weighted by atomic mass is 10.2. The Morgan fingerprint density at radius 1 is 1.64 bits per heavy atom. The molecule has 4 heteroatoms. The first-order valence-corrected chi connectivity index (χ1v) is 6.15. The zero-order valence-electron chi connectivity index (χ0n) is 8.51. The predicted octanol–water partition coefficient (Wildman–Crippen LogP) is 3.25. The molecule has 1 aliphatic carbocycles. The van der Waals surface area contributed by atoms with Crippen LogP contribution in [-0.4, -0.2) is 17.4 Å². The summed E-state index contributed by atoms with van der Waals surface area (Å²) in [6.45, 7) is 4.21. The van der Waals surface area contributed by atoms with Crippen molar-refractivity contribution >= 4 is 37.8 Å². The topological polar surface area (TPSA) is 26.3 Å². The van der Waals surface area contributed by atoms with E-state index in [1.165, 1.54) is 7.11 Å². The summed E-state index contributed by atoms with van der Waals surface area (Å²) < 4.78 is 5.56. The number of esters is 1. The summed E-state index contributed by atoms with van der Waals surface area (Å²) in [4.78, 5) is 11.3. The average Bonchev–Trinajstić information content (AvgIpc) is 2.77. The Morgan fingerprint density at radius 2 is 2.21 bits per heavy atom. The normalized spacial score (nSPS) is 31.9. The molecule has 1 saturated carbocycles. The van der Waals surface area contributed by atoms with E-state index in [9.17, 15) is 4.79 Å². The molecule has 1 aliphatic rings. The number of hydrogen-bond donors (Lipinski definition) is 0. The van der Waals surface area contributed by atoms with Crippen LogP contribution < -0.4 is 0 Å². The van der Waals surface area contributed by atoms with Crippen LogP contribution in [0.3, 0.4) is 0 Å². The summed E-state index contributed by atoms with van der Waals surface area (Å²) in [6, 6.07) is 0. The number of ether oxygens (including phenoxy) is 1. The number of hydrogen-bond acceptors (Lipinski definition) is 2. The second kappa shape index (κ2) is 4.35. The third-order valence-corrected chi connectivity index (χ3v) is 5.06. The molecular formula is C10H14Br2O2.